The number of rotatable bonds is 23. The molecule has 1 heterocycles. The number of carboxylic acid groups (broad SMARTS) is 4. The Bertz CT molecular complexity index is 2010. The number of nitrogens with zero attached hydrogens (tertiary/aromatic N) is 2. The van der Waals surface area contributed by atoms with E-state index in [-0.39, 0.29) is 47.9 Å². The molecule has 17 nitrogen and oxygen atoms in total. The van der Waals surface area contributed by atoms with Gasteiger partial charge in [0.25, 0.3) is 5.91 Å². The normalized spacial score (nSPS) is 10.8. The largest absolute Gasteiger partial charge is 0.488 e. The Kier molecular flexibility index (Phi) is 14.4. The fourth-order valence-corrected chi connectivity index (χ4v) is 5.79. The van der Waals surface area contributed by atoms with Gasteiger partial charge in [0.05, 0.1) is 11.4 Å². The summed E-state index contributed by atoms with van der Waals surface area (Å²) in [7, 11) is 0. The fourth-order valence-electron chi connectivity index (χ4n) is 5.79. The molecule has 3 aromatic carbocycles. The lowest BCUT2D eigenvalue weighted by Crippen LogP contribution is -2.35. The number of nitrogens with one attached hydrogen (secondary N) is 2. The third-order valence-electron chi connectivity index (χ3n) is 8.24. The molecular weight excluding hydrogens is 718 g/mol. The molecule has 1 aromatic heterocycles. The SMILES string of the molecule is Cc1ccc(N(CC(=O)O)CC(=O)O)c(OCCOc2cc(-c3cc4ccc(C(=O)NCCCCCC(N)=O)cc4[nH]3)ccc2N(CC(=O)O)CC(=O)O)c1. The minimum absolute atomic E-state index is 0.115. The third kappa shape index (κ3) is 12.4. The first-order chi connectivity index (χ1) is 26.2. The lowest BCUT2D eigenvalue weighted by atomic mass is 10.1. The van der Waals surface area contributed by atoms with Gasteiger partial charge in [-0.05, 0) is 67.8 Å². The number of aryl methyl sites for hydroxylation is 1. The van der Waals surface area contributed by atoms with E-state index in [1.54, 1.807) is 61.5 Å². The second-order valence-corrected chi connectivity index (χ2v) is 12.7. The first-order valence-corrected chi connectivity index (χ1v) is 17.3. The number of fused-ring (bicyclic) bond motifs is 1. The van der Waals surface area contributed by atoms with Crippen molar-refractivity contribution in [2.45, 2.75) is 32.6 Å². The van der Waals surface area contributed by atoms with Crippen molar-refractivity contribution in [1.82, 2.24) is 10.3 Å². The zero-order valence-corrected chi connectivity index (χ0v) is 30.1. The molecule has 0 fully saturated rings. The smallest absolute Gasteiger partial charge is 0.323 e. The number of nitrogens with two attached hydrogens (primary N) is 1. The van der Waals surface area contributed by atoms with Gasteiger partial charge < -0.3 is 55.7 Å². The Morgan fingerprint density at radius 1 is 0.691 bits per heavy atom. The van der Waals surface area contributed by atoms with Crippen molar-refractivity contribution in [3.8, 4) is 22.8 Å². The zero-order valence-electron chi connectivity index (χ0n) is 30.1. The second-order valence-electron chi connectivity index (χ2n) is 12.7. The van der Waals surface area contributed by atoms with Crippen LogP contribution in [0.3, 0.4) is 0 Å². The summed E-state index contributed by atoms with van der Waals surface area (Å²) in [6, 6.07) is 16.7. The van der Waals surface area contributed by atoms with Crippen LogP contribution in [0.4, 0.5) is 11.4 Å². The van der Waals surface area contributed by atoms with Gasteiger partial charge in [0.15, 0.2) is 0 Å². The number of amides is 2. The van der Waals surface area contributed by atoms with Crippen LogP contribution in [0.1, 0.15) is 41.6 Å². The Labute approximate surface area is 315 Å². The van der Waals surface area contributed by atoms with Gasteiger partial charge in [0.1, 0.15) is 50.9 Å². The second kappa shape index (κ2) is 19.3. The molecule has 0 saturated heterocycles. The maximum atomic E-state index is 12.8. The number of H-pyrrole nitrogens is 1. The Hall–Kier alpha value is -6.78. The van der Waals surface area contributed by atoms with E-state index in [0.717, 1.165) is 27.2 Å². The van der Waals surface area contributed by atoms with E-state index in [0.29, 0.717) is 48.1 Å². The fraction of sp³-hybridized carbons (Fsp3) is 0.316. The van der Waals surface area contributed by atoms with Gasteiger partial charge in [-0.2, -0.15) is 0 Å². The number of aromatic nitrogens is 1. The summed E-state index contributed by atoms with van der Waals surface area (Å²) in [5, 5.41) is 41.5. The number of carbonyl (C=O) groups is 6. The summed E-state index contributed by atoms with van der Waals surface area (Å²) in [6.07, 6.45) is 2.40. The number of anilines is 2. The number of aromatic amines is 1. The topological polar surface area (TPSA) is 262 Å². The van der Waals surface area contributed by atoms with Crippen LogP contribution in [0.5, 0.6) is 11.5 Å². The predicted octanol–water partition coefficient (Wildman–Crippen LogP) is 3.33. The van der Waals surface area contributed by atoms with E-state index < -0.39 is 50.1 Å². The zero-order chi connectivity index (χ0) is 40.1. The van der Waals surface area contributed by atoms with E-state index in [9.17, 15) is 49.2 Å². The van der Waals surface area contributed by atoms with Crippen LogP contribution in [-0.2, 0) is 24.0 Å². The Morgan fingerprint density at radius 3 is 1.82 bits per heavy atom. The number of ether oxygens (including phenoxy) is 2. The summed E-state index contributed by atoms with van der Waals surface area (Å²) in [5.74, 6) is -5.28. The van der Waals surface area contributed by atoms with Crippen molar-refractivity contribution < 1.29 is 58.7 Å². The van der Waals surface area contributed by atoms with E-state index >= 15 is 0 Å². The lowest BCUT2D eigenvalue weighted by Gasteiger charge is -2.25. The number of hydrogen-bond acceptors (Lipinski definition) is 10. The standard InChI is InChI=1S/C38H43N5O12/c1-23-6-10-29(42(19-34(45)46)20-35(47)48)31(15-23)54-13-14-55-32-18-25(9-11-30(32)43(21-36(49)50)22-37(51)52)27-16-24-7-8-26(17-28(24)41-27)38(53)40-12-4-2-3-5-33(39)44/h6-11,15-18,41H,2-5,12-14,19-22H2,1H3,(H2,39,44)(H,40,53)(H,45,46)(H,47,48)(H,49,50)(H,51,52). The van der Waals surface area contributed by atoms with E-state index in [2.05, 4.69) is 10.3 Å². The van der Waals surface area contributed by atoms with Gasteiger partial charge in [-0.15, -0.1) is 0 Å². The van der Waals surface area contributed by atoms with Crippen LogP contribution in [0, 0.1) is 6.92 Å². The summed E-state index contributed by atoms with van der Waals surface area (Å²) in [4.78, 5) is 75.6. The summed E-state index contributed by atoms with van der Waals surface area (Å²) in [5.41, 5.74) is 8.67. The molecular formula is C38H43N5O12. The molecule has 17 heteroatoms. The maximum Gasteiger partial charge on any atom is 0.323 e. The first kappa shape index (κ1) is 41.0. The highest BCUT2D eigenvalue weighted by atomic mass is 16.5. The molecule has 2 amide bonds. The lowest BCUT2D eigenvalue weighted by molar-refractivity contribution is -0.138. The average molecular weight is 762 g/mol. The molecule has 55 heavy (non-hydrogen) atoms. The number of carbonyl (C=O) groups excluding carboxylic acids is 2. The highest BCUT2D eigenvalue weighted by Gasteiger charge is 2.21. The molecule has 0 aliphatic heterocycles. The van der Waals surface area contributed by atoms with Gasteiger partial charge in [0, 0.05) is 40.7 Å². The molecule has 8 N–H and O–H groups in total. The summed E-state index contributed by atoms with van der Waals surface area (Å²) in [6.45, 7) is -0.497. The van der Waals surface area contributed by atoms with Crippen molar-refractivity contribution in [3.05, 3.63) is 71.8 Å². The van der Waals surface area contributed by atoms with Gasteiger partial charge >= 0.3 is 23.9 Å². The number of primary amides is 1. The molecule has 0 aliphatic carbocycles. The highest BCUT2D eigenvalue weighted by molar-refractivity contribution is 5.99. The molecule has 292 valence electrons. The van der Waals surface area contributed by atoms with Crippen molar-refractivity contribution >= 4 is 58.0 Å². The molecule has 0 saturated carbocycles. The predicted molar refractivity (Wildman–Crippen MR) is 201 cm³/mol. The highest BCUT2D eigenvalue weighted by Crippen LogP contribution is 2.35. The number of unbranched alkanes of at least 4 members (excludes halogenated alkanes) is 2. The minimum Gasteiger partial charge on any atom is -0.488 e. The molecule has 4 rings (SSSR count). The minimum atomic E-state index is -1.27. The molecule has 0 atom stereocenters. The van der Waals surface area contributed by atoms with Crippen LogP contribution in [0.25, 0.3) is 22.2 Å². The van der Waals surface area contributed by atoms with Crippen LogP contribution in [-0.4, -0.2) is 107 Å². The average Bonchev–Trinajstić information content (AvgIpc) is 3.54. The monoisotopic (exact) mass is 761 g/mol. The Balaban J connectivity index is 1.56. The van der Waals surface area contributed by atoms with Crippen LogP contribution < -0.4 is 30.3 Å². The van der Waals surface area contributed by atoms with Crippen LogP contribution >= 0.6 is 0 Å². The van der Waals surface area contributed by atoms with Crippen LogP contribution in [0.2, 0.25) is 0 Å². The number of aliphatic carboxylic acids is 4. The van der Waals surface area contributed by atoms with E-state index in [1.807, 2.05) is 6.07 Å². The molecule has 0 unspecified atom stereocenters. The number of benzene rings is 3. The van der Waals surface area contributed by atoms with Gasteiger partial charge in [0.2, 0.25) is 5.91 Å². The number of hydrogen-bond donors (Lipinski definition) is 7. The number of carboxylic acids is 4. The third-order valence-corrected chi connectivity index (χ3v) is 8.24. The Morgan fingerprint density at radius 2 is 1.25 bits per heavy atom. The van der Waals surface area contributed by atoms with Crippen molar-refractivity contribution in [2.75, 3.05) is 55.7 Å². The van der Waals surface area contributed by atoms with Crippen molar-refractivity contribution in [2.24, 2.45) is 5.73 Å². The molecule has 0 aliphatic rings. The van der Waals surface area contributed by atoms with Gasteiger partial charge in [-0.1, -0.05) is 24.6 Å². The quantitative estimate of drug-likeness (QED) is 0.0535. The molecule has 0 radical (unpaired) electrons. The van der Waals surface area contributed by atoms with Crippen LogP contribution in [0.15, 0.2) is 60.7 Å². The summed E-state index contributed by atoms with van der Waals surface area (Å²) >= 11 is 0. The van der Waals surface area contributed by atoms with E-state index in [4.69, 9.17) is 15.2 Å². The molecule has 0 bridgehead atoms. The van der Waals surface area contributed by atoms with Crippen molar-refractivity contribution in [3.63, 3.8) is 0 Å². The van der Waals surface area contributed by atoms with Gasteiger partial charge in [-0.25, -0.2) is 0 Å². The molecule has 4 aromatic rings. The maximum absolute atomic E-state index is 12.8. The van der Waals surface area contributed by atoms with Gasteiger partial charge in [-0.3, -0.25) is 28.8 Å². The molecule has 0 spiro atoms. The summed E-state index contributed by atoms with van der Waals surface area (Å²) < 4.78 is 12.0. The van der Waals surface area contributed by atoms with E-state index in [1.165, 1.54) is 0 Å². The first-order valence-electron chi connectivity index (χ1n) is 17.3. The van der Waals surface area contributed by atoms with Crippen molar-refractivity contribution in [1.29, 1.82) is 0 Å².